The van der Waals surface area contributed by atoms with Crippen LogP contribution >= 0.6 is 11.8 Å². The molecule has 2 N–H and O–H groups in total. The lowest BCUT2D eigenvalue weighted by atomic mass is 10.1. The Bertz CT molecular complexity index is 280. The number of hydrogen-bond acceptors (Lipinski definition) is 5. The van der Waals surface area contributed by atoms with Gasteiger partial charge in [0.15, 0.2) is 0 Å². The Morgan fingerprint density at radius 2 is 2.00 bits per heavy atom. The first-order valence-corrected chi connectivity index (χ1v) is 5.84. The molecule has 0 bridgehead atoms. The highest BCUT2D eigenvalue weighted by molar-refractivity contribution is 7.98. The molecular formula is C9H17N3OS. The molecule has 0 radical (unpaired) electrons. The van der Waals surface area contributed by atoms with E-state index in [4.69, 9.17) is 10.2 Å². The lowest BCUT2D eigenvalue weighted by Crippen LogP contribution is -2.34. The third kappa shape index (κ3) is 4.11. The van der Waals surface area contributed by atoms with E-state index in [9.17, 15) is 0 Å². The molecule has 0 aromatic carbocycles. The van der Waals surface area contributed by atoms with Crippen LogP contribution in [0.4, 0.5) is 0 Å². The van der Waals surface area contributed by atoms with Crippen molar-refractivity contribution in [3.63, 3.8) is 0 Å². The Balaban J connectivity index is 2.31. The summed E-state index contributed by atoms with van der Waals surface area (Å²) in [6, 6.07) is 0. The molecule has 4 nitrogen and oxygen atoms in total. The fraction of sp³-hybridized carbons (Fsp3) is 0.778. The van der Waals surface area contributed by atoms with Crippen LogP contribution in [0.1, 0.15) is 32.6 Å². The summed E-state index contributed by atoms with van der Waals surface area (Å²) in [6.07, 6.45) is 0.792. The number of aryl methyl sites for hydroxylation is 1. The Morgan fingerprint density at radius 3 is 2.50 bits per heavy atom. The van der Waals surface area contributed by atoms with E-state index in [1.165, 1.54) is 0 Å². The van der Waals surface area contributed by atoms with Gasteiger partial charge in [-0.05, 0) is 13.8 Å². The summed E-state index contributed by atoms with van der Waals surface area (Å²) in [6.45, 7) is 6.00. The van der Waals surface area contributed by atoms with Crippen LogP contribution in [0.3, 0.4) is 0 Å². The van der Waals surface area contributed by atoms with E-state index >= 15 is 0 Å². The van der Waals surface area contributed by atoms with Crippen molar-refractivity contribution in [1.82, 2.24) is 10.2 Å². The second-order valence-electron chi connectivity index (χ2n) is 3.92. The van der Waals surface area contributed by atoms with Gasteiger partial charge in [0.05, 0.1) is 5.75 Å². The van der Waals surface area contributed by atoms with Crippen molar-refractivity contribution in [2.45, 2.75) is 38.5 Å². The summed E-state index contributed by atoms with van der Waals surface area (Å²) in [4.78, 5) is 0. The summed E-state index contributed by atoms with van der Waals surface area (Å²) in [5.74, 6) is 3.02. The van der Waals surface area contributed by atoms with E-state index in [-0.39, 0.29) is 5.54 Å². The minimum Gasteiger partial charge on any atom is -0.424 e. The highest BCUT2D eigenvalue weighted by Gasteiger charge is 2.11. The average Bonchev–Trinajstić information content (AvgIpc) is 2.50. The number of nitrogens with zero attached hydrogens (tertiary/aromatic N) is 2. The topological polar surface area (TPSA) is 64.9 Å². The number of aromatic nitrogens is 2. The summed E-state index contributed by atoms with van der Waals surface area (Å²) in [7, 11) is 0. The standard InChI is InChI=1S/C9H17N3OS/c1-4-7-11-12-8(13-7)5-14-6-9(2,3)10/h4-6,10H2,1-3H3. The van der Waals surface area contributed by atoms with Gasteiger partial charge < -0.3 is 10.2 Å². The first-order valence-electron chi connectivity index (χ1n) is 4.69. The van der Waals surface area contributed by atoms with Crippen LogP contribution in [-0.4, -0.2) is 21.5 Å². The van der Waals surface area contributed by atoms with Crippen LogP contribution in [-0.2, 0) is 12.2 Å². The molecule has 0 saturated carbocycles. The summed E-state index contributed by atoms with van der Waals surface area (Å²) in [5.41, 5.74) is 5.70. The molecule has 0 aliphatic heterocycles. The average molecular weight is 215 g/mol. The van der Waals surface area contributed by atoms with E-state index in [2.05, 4.69) is 10.2 Å². The number of hydrogen-bond donors (Lipinski definition) is 1. The minimum absolute atomic E-state index is 0.141. The highest BCUT2D eigenvalue weighted by Crippen LogP contribution is 2.15. The largest absolute Gasteiger partial charge is 0.424 e. The van der Waals surface area contributed by atoms with Crippen molar-refractivity contribution in [3.05, 3.63) is 11.8 Å². The molecule has 1 heterocycles. The van der Waals surface area contributed by atoms with Gasteiger partial charge in [0, 0.05) is 17.7 Å². The quantitative estimate of drug-likeness (QED) is 0.808. The van der Waals surface area contributed by atoms with Gasteiger partial charge in [-0.15, -0.1) is 10.2 Å². The third-order valence-corrected chi connectivity index (χ3v) is 2.91. The van der Waals surface area contributed by atoms with Gasteiger partial charge in [0.2, 0.25) is 11.8 Å². The molecule has 0 spiro atoms. The number of rotatable bonds is 5. The molecular weight excluding hydrogens is 198 g/mol. The van der Waals surface area contributed by atoms with Gasteiger partial charge in [0.25, 0.3) is 0 Å². The van der Waals surface area contributed by atoms with Gasteiger partial charge in [-0.2, -0.15) is 11.8 Å². The first-order chi connectivity index (χ1) is 6.51. The van der Waals surface area contributed by atoms with Crippen molar-refractivity contribution in [1.29, 1.82) is 0 Å². The second kappa shape index (κ2) is 4.79. The maximum atomic E-state index is 5.84. The van der Waals surface area contributed by atoms with Crippen LogP contribution in [0, 0.1) is 0 Å². The fourth-order valence-corrected chi connectivity index (χ4v) is 1.81. The Kier molecular flexibility index (Phi) is 3.95. The summed E-state index contributed by atoms with van der Waals surface area (Å²) < 4.78 is 5.36. The van der Waals surface area contributed by atoms with Crippen LogP contribution in [0.5, 0.6) is 0 Å². The number of nitrogens with two attached hydrogens (primary N) is 1. The molecule has 0 aliphatic rings. The maximum Gasteiger partial charge on any atom is 0.226 e. The lowest BCUT2D eigenvalue weighted by molar-refractivity contribution is 0.469. The second-order valence-corrected chi connectivity index (χ2v) is 4.91. The van der Waals surface area contributed by atoms with Crippen molar-refractivity contribution >= 4 is 11.8 Å². The fourth-order valence-electron chi connectivity index (χ4n) is 0.891. The molecule has 0 unspecified atom stereocenters. The van der Waals surface area contributed by atoms with Crippen molar-refractivity contribution in [3.8, 4) is 0 Å². The predicted octanol–water partition coefficient (Wildman–Crippen LogP) is 1.60. The van der Waals surface area contributed by atoms with Crippen LogP contribution in [0.2, 0.25) is 0 Å². The highest BCUT2D eigenvalue weighted by atomic mass is 32.2. The van der Waals surface area contributed by atoms with Gasteiger partial charge in [-0.25, -0.2) is 0 Å². The van der Waals surface area contributed by atoms with Crippen molar-refractivity contribution in [2.24, 2.45) is 5.73 Å². The SMILES string of the molecule is CCc1nnc(CSCC(C)(C)N)o1. The normalized spacial score (nSPS) is 12.0. The van der Waals surface area contributed by atoms with Crippen LogP contribution in [0.15, 0.2) is 4.42 Å². The molecule has 0 aliphatic carbocycles. The van der Waals surface area contributed by atoms with Crippen molar-refractivity contribution < 1.29 is 4.42 Å². The Morgan fingerprint density at radius 1 is 1.36 bits per heavy atom. The predicted molar refractivity (Wildman–Crippen MR) is 58.1 cm³/mol. The minimum atomic E-state index is -0.141. The zero-order chi connectivity index (χ0) is 10.6. The monoisotopic (exact) mass is 215 g/mol. The van der Waals surface area contributed by atoms with Crippen molar-refractivity contribution in [2.75, 3.05) is 5.75 Å². The molecule has 0 amide bonds. The molecule has 0 saturated heterocycles. The van der Waals surface area contributed by atoms with Gasteiger partial charge >= 0.3 is 0 Å². The Labute approximate surface area is 88.7 Å². The molecule has 80 valence electrons. The molecule has 14 heavy (non-hydrogen) atoms. The van der Waals surface area contributed by atoms with E-state index < -0.39 is 0 Å². The molecule has 0 atom stereocenters. The lowest BCUT2D eigenvalue weighted by Gasteiger charge is -2.16. The maximum absolute atomic E-state index is 5.84. The zero-order valence-corrected chi connectivity index (χ0v) is 9.73. The van der Waals surface area contributed by atoms with Crippen LogP contribution in [0.25, 0.3) is 0 Å². The number of thioether (sulfide) groups is 1. The van der Waals surface area contributed by atoms with Gasteiger partial charge in [-0.1, -0.05) is 6.92 Å². The molecule has 0 fully saturated rings. The first kappa shape index (κ1) is 11.5. The van der Waals surface area contributed by atoms with E-state index in [1.807, 2.05) is 20.8 Å². The van der Waals surface area contributed by atoms with E-state index in [1.54, 1.807) is 11.8 Å². The summed E-state index contributed by atoms with van der Waals surface area (Å²) >= 11 is 1.72. The smallest absolute Gasteiger partial charge is 0.226 e. The third-order valence-electron chi connectivity index (χ3n) is 1.51. The Hall–Kier alpha value is -0.550. The molecule has 5 heteroatoms. The zero-order valence-electron chi connectivity index (χ0n) is 8.91. The summed E-state index contributed by atoms with van der Waals surface area (Å²) in [5, 5.41) is 7.82. The molecule has 1 rings (SSSR count). The van der Waals surface area contributed by atoms with E-state index in [0.717, 1.165) is 17.9 Å². The van der Waals surface area contributed by atoms with Gasteiger partial charge in [-0.3, -0.25) is 0 Å². The molecule has 1 aromatic heterocycles. The van der Waals surface area contributed by atoms with Gasteiger partial charge in [0.1, 0.15) is 0 Å². The molecule has 1 aromatic rings. The van der Waals surface area contributed by atoms with E-state index in [0.29, 0.717) is 11.8 Å². The van der Waals surface area contributed by atoms with Crippen LogP contribution < -0.4 is 5.73 Å².